The van der Waals surface area contributed by atoms with Gasteiger partial charge in [-0.3, -0.25) is 0 Å². The Labute approximate surface area is 128 Å². The van der Waals surface area contributed by atoms with Gasteiger partial charge in [0.1, 0.15) is 11.5 Å². The van der Waals surface area contributed by atoms with E-state index in [-0.39, 0.29) is 0 Å². The van der Waals surface area contributed by atoms with Crippen LogP contribution in [0.25, 0.3) is 11.3 Å². The standard InChI is InChI=1S/C18H16O2S/c1-19-11-5-4-7-14-13-17(18-10-6-12-21-18)20-16-9-3-2-8-15(14)16/h2-10,12-13H,11H2,1H3/b5-4+,14-7-. The van der Waals surface area contributed by atoms with Gasteiger partial charge in [-0.25, -0.2) is 0 Å². The van der Waals surface area contributed by atoms with Crippen molar-refractivity contribution in [3.05, 3.63) is 76.5 Å². The number of allylic oxidation sites excluding steroid dienone is 4. The highest BCUT2D eigenvalue weighted by Gasteiger charge is 2.17. The first-order valence-corrected chi connectivity index (χ1v) is 7.65. The van der Waals surface area contributed by atoms with Gasteiger partial charge in [0.2, 0.25) is 0 Å². The third-order valence-electron chi connectivity index (χ3n) is 3.14. The largest absolute Gasteiger partial charge is 0.455 e. The van der Waals surface area contributed by atoms with E-state index in [0.29, 0.717) is 6.61 Å². The highest BCUT2D eigenvalue weighted by Crippen LogP contribution is 2.37. The molecule has 2 nitrogen and oxygen atoms in total. The van der Waals surface area contributed by atoms with Crippen molar-refractivity contribution >= 4 is 22.7 Å². The smallest absolute Gasteiger partial charge is 0.145 e. The summed E-state index contributed by atoms with van der Waals surface area (Å²) in [5, 5.41) is 2.06. The van der Waals surface area contributed by atoms with E-state index in [1.54, 1.807) is 18.4 Å². The minimum absolute atomic E-state index is 0.615. The molecule has 3 heteroatoms. The number of para-hydroxylation sites is 1. The molecular formula is C18H16O2S. The third-order valence-corrected chi connectivity index (χ3v) is 4.03. The van der Waals surface area contributed by atoms with Gasteiger partial charge < -0.3 is 9.47 Å². The molecule has 0 saturated heterocycles. The number of methoxy groups -OCH3 is 1. The number of ether oxygens (including phenoxy) is 2. The molecule has 106 valence electrons. The summed E-state index contributed by atoms with van der Waals surface area (Å²) in [5.41, 5.74) is 2.26. The number of rotatable bonds is 4. The lowest BCUT2D eigenvalue weighted by Crippen LogP contribution is -2.02. The van der Waals surface area contributed by atoms with Crippen LogP contribution in [0.4, 0.5) is 0 Å². The van der Waals surface area contributed by atoms with E-state index < -0.39 is 0 Å². The fourth-order valence-corrected chi connectivity index (χ4v) is 2.84. The van der Waals surface area contributed by atoms with Gasteiger partial charge in [-0.2, -0.15) is 0 Å². The second-order valence-electron chi connectivity index (χ2n) is 4.59. The van der Waals surface area contributed by atoms with Crippen LogP contribution in [0.3, 0.4) is 0 Å². The molecule has 0 atom stereocenters. The van der Waals surface area contributed by atoms with Crippen molar-refractivity contribution in [3.8, 4) is 5.75 Å². The van der Waals surface area contributed by atoms with Crippen LogP contribution in [0.1, 0.15) is 10.4 Å². The van der Waals surface area contributed by atoms with Gasteiger partial charge in [0, 0.05) is 12.7 Å². The molecule has 1 aliphatic rings. The van der Waals surface area contributed by atoms with Crippen molar-refractivity contribution in [2.45, 2.75) is 0 Å². The van der Waals surface area contributed by atoms with Crippen molar-refractivity contribution in [1.82, 2.24) is 0 Å². The minimum Gasteiger partial charge on any atom is -0.455 e. The SMILES string of the molecule is COC/C=C/C=C1/C=C(c2cccs2)Oc2ccccc21. The van der Waals surface area contributed by atoms with Gasteiger partial charge in [-0.15, -0.1) is 11.3 Å². The molecule has 0 unspecified atom stereocenters. The number of hydrogen-bond acceptors (Lipinski definition) is 3. The first kappa shape index (κ1) is 13.9. The van der Waals surface area contributed by atoms with Crippen LogP contribution in [0, 0.1) is 0 Å². The predicted octanol–water partition coefficient (Wildman–Crippen LogP) is 4.77. The Balaban J connectivity index is 1.98. The Hall–Kier alpha value is -2.10. The van der Waals surface area contributed by atoms with Crippen LogP contribution < -0.4 is 4.74 Å². The topological polar surface area (TPSA) is 18.5 Å². The fourth-order valence-electron chi connectivity index (χ4n) is 2.16. The van der Waals surface area contributed by atoms with Gasteiger partial charge in [0.25, 0.3) is 0 Å². The molecule has 0 saturated carbocycles. The first-order valence-electron chi connectivity index (χ1n) is 6.77. The molecule has 0 bridgehead atoms. The lowest BCUT2D eigenvalue weighted by atomic mass is 10.0. The summed E-state index contributed by atoms with van der Waals surface area (Å²) in [6, 6.07) is 12.2. The third kappa shape index (κ3) is 3.15. The second kappa shape index (κ2) is 6.57. The number of thiophene rings is 1. The maximum atomic E-state index is 6.02. The quantitative estimate of drug-likeness (QED) is 0.809. The molecule has 0 radical (unpaired) electrons. The Morgan fingerprint density at radius 3 is 2.90 bits per heavy atom. The van der Waals surface area contributed by atoms with Gasteiger partial charge >= 0.3 is 0 Å². The highest BCUT2D eigenvalue weighted by atomic mass is 32.1. The zero-order chi connectivity index (χ0) is 14.5. The lowest BCUT2D eigenvalue weighted by Gasteiger charge is -2.19. The number of fused-ring (bicyclic) bond motifs is 1. The van der Waals surface area contributed by atoms with Crippen LogP contribution >= 0.6 is 11.3 Å². The summed E-state index contributed by atoms with van der Waals surface area (Å²) >= 11 is 1.68. The van der Waals surface area contributed by atoms with Gasteiger partial charge in [-0.05, 0) is 29.2 Å². The summed E-state index contributed by atoms with van der Waals surface area (Å²) < 4.78 is 11.0. The normalized spacial score (nSPS) is 15.9. The Morgan fingerprint density at radius 1 is 1.19 bits per heavy atom. The van der Waals surface area contributed by atoms with Crippen molar-refractivity contribution < 1.29 is 9.47 Å². The molecular weight excluding hydrogens is 280 g/mol. The van der Waals surface area contributed by atoms with E-state index in [2.05, 4.69) is 29.7 Å². The molecule has 21 heavy (non-hydrogen) atoms. The molecule has 0 fully saturated rings. The van der Waals surface area contributed by atoms with Crippen LogP contribution in [0.2, 0.25) is 0 Å². The highest BCUT2D eigenvalue weighted by molar-refractivity contribution is 7.11. The fraction of sp³-hybridized carbons (Fsp3) is 0.111. The molecule has 0 aliphatic carbocycles. The Kier molecular flexibility index (Phi) is 4.34. The summed E-state index contributed by atoms with van der Waals surface area (Å²) in [5.74, 6) is 1.80. The molecule has 1 aliphatic heterocycles. The number of benzene rings is 1. The van der Waals surface area contributed by atoms with Gasteiger partial charge in [-0.1, -0.05) is 42.5 Å². The van der Waals surface area contributed by atoms with Crippen LogP contribution in [0.5, 0.6) is 5.75 Å². The van der Waals surface area contributed by atoms with Crippen LogP contribution in [-0.4, -0.2) is 13.7 Å². The molecule has 0 spiro atoms. The first-order chi connectivity index (χ1) is 10.4. The average Bonchev–Trinajstić information content (AvgIpc) is 3.05. The molecule has 0 N–H and O–H groups in total. The maximum absolute atomic E-state index is 6.02. The van der Waals surface area contributed by atoms with E-state index in [0.717, 1.165) is 27.5 Å². The Morgan fingerprint density at radius 2 is 2.10 bits per heavy atom. The van der Waals surface area contributed by atoms with E-state index in [1.807, 2.05) is 36.4 Å². The van der Waals surface area contributed by atoms with Crippen molar-refractivity contribution in [3.63, 3.8) is 0 Å². The van der Waals surface area contributed by atoms with Crippen molar-refractivity contribution in [2.24, 2.45) is 0 Å². The maximum Gasteiger partial charge on any atom is 0.145 e. The molecule has 0 amide bonds. The zero-order valence-electron chi connectivity index (χ0n) is 11.8. The van der Waals surface area contributed by atoms with E-state index in [9.17, 15) is 0 Å². The molecule has 1 aromatic carbocycles. The number of hydrogen-bond donors (Lipinski definition) is 0. The summed E-state index contributed by atoms with van der Waals surface area (Å²) in [6.45, 7) is 0.615. The van der Waals surface area contributed by atoms with E-state index in [1.165, 1.54) is 0 Å². The van der Waals surface area contributed by atoms with Crippen molar-refractivity contribution in [2.75, 3.05) is 13.7 Å². The molecule has 2 aromatic rings. The monoisotopic (exact) mass is 296 g/mol. The average molecular weight is 296 g/mol. The van der Waals surface area contributed by atoms with Gasteiger partial charge in [0.15, 0.2) is 0 Å². The van der Waals surface area contributed by atoms with Gasteiger partial charge in [0.05, 0.1) is 11.5 Å². The second-order valence-corrected chi connectivity index (χ2v) is 5.54. The van der Waals surface area contributed by atoms with Crippen LogP contribution in [-0.2, 0) is 4.74 Å². The van der Waals surface area contributed by atoms with Crippen LogP contribution in [0.15, 0.2) is 66.1 Å². The van der Waals surface area contributed by atoms with E-state index in [4.69, 9.17) is 9.47 Å². The Bertz CT molecular complexity index is 694. The molecule has 3 rings (SSSR count). The van der Waals surface area contributed by atoms with Crippen molar-refractivity contribution in [1.29, 1.82) is 0 Å². The van der Waals surface area contributed by atoms with E-state index >= 15 is 0 Å². The summed E-state index contributed by atoms with van der Waals surface area (Å²) in [7, 11) is 1.69. The summed E-state index contributed by atoms with van der Waals surface area (Å²) in [6.07, 6.45) is 8.19. The zero-order valence-corrected chi connectivity index (χ0v) is 12.6. The lowest BCUT2D eigenvalue weighted by molar-refractivity contribution is 0.234. The molecule has 2 heterocycles. The predicted molar refractivity (Wildman–Crippen MR) is 88.4 cm³/mol. The minimum atomic E-state index is 0.615. The molecule has 1 aromatic heterocycles. The summed E-state index contributed by atoms with van der Waals surface area (Å²) in [4.78, 5) is 1.14.